The van der Waals surface area contributed by atoms with Crippen LogP contribution >= 0.6 is 0 Å². The minimum absolute atomic E-state index is 0.471. The van der Waals surface area contributed by atoms with Crippen molar-refractivity contribution in [2.75, 3.05) is 42.3 Å². The Morgan fingerprint density at radius 3 is 1.40 bits per heavy atom. The van der Waals surface area contributed by atoms with Gasteiger partial charge in [0.05, 0.1) is 0 Å². The van der Waals surface area contributed by atoms with E-state index in [0.29, 0.717) is 0 Å². The maximum atomic E-state index is 3.23. The lowest BCUT2D eigenvalue weighted by molar-refractivity contribution is -0.0569. The predicted molar refractivity (Wildman–Crippen MR) is 90.5 cm³/mol. The zero-order valence-corrected chi connectivity index (χ0v) is 15.3. The van der Waals surface area contributed by atoms with Crippen LogP contribution in [0.3, 0.4) is 0 Å². The van der Waals surface area contributed by atoms with Crippen LogP contribution in [0.5, 0.6) is 0 Å². The van der Waals surface area contributed by atoms with Crippen molar-refractivity contribution in [3.05, 3.63) is 0 Å². The highest BCUT2D eigenvalue weighted by atomic mass is 28.3. The quantitative estimate of drug-likeness (QED) is 0.439. The predicted octanol–water partition coefficient (Wildman–Crippen LogP) is 1.21. The molecule has 0 atom stereocenters. The van der Waals surface area contributed by atoms with Gasteiger partial charge in [-0.15, -0.1) is 5.54 Å². The van der Waals surface area contributed by atoms with E-state index in [0.717, 1.165) is 0 Å². The van der Waals surface area contributed by atoms with Crippen molar-refractivity contribution in [1.82, 2.24) is 14.7 Å². The van der Waals surface area contributed by atoms with Crippen LogP contribution in [0, 0.1) is 35.1 Å². The molecule has 0 aliphatic rings. The fourth-order valence-corrected chi connectivity index (χ4v) is 2.37. The maximum absolute atomic E-state index is 3.23. The highest BCUT2D eigenvalue weighted by molar-refractivity contribution is 6.83. The average Bonchev–Trinajstić information content (AvgIpc) is 2.24. The molecule has 4 heteroatoms. The fraction of sp³-hybridized carbons (Fsp3) is 0.625. The molecule has 0 heterocycles. The Morgan fingerprint density at radius 1 is 0.650 bits per heavy atom. The topological polar surface area (TPSA) is 9.72 Å². The molecule has 0 saturated heterocycles. The van der Waals surface area contributed by atoms with Crippen molar-refractivity contribution in [2.45, 2.75) is 25.4 Å². The monoisotopic (exact) mass is 289 g/mol. The molecule has 0 unspecified atom stereocenters. The molecule has 110 valence electrons. The van der Waals surface area contributed by atoms with Gasteiger partial charge >= 0.3 is 0 Å². The minimum atomic E-state index is -1.34. The SMILES string of the molecule is CN(C)C(C#CC#CC#C[Si](C)(C)C)(N(C)C)N(C)C. The van der Waals surface area contributed by atoms with Gasteiger partial charge in [0, 0.05) is 0 Å². The van der Waals surface area contributed by atoms with Crippen LogP contribution in [0.15, 0.2) is 0 Å². The van der Waals surface area contributed by atoms with Gasteiger partial charge in [0.2, 0.25) is 0 Å². The molecule has 0 amide bonds. The smallest absolute Gasteiger partial charge is 0.195 e. The molecule has 0 N–H and O–H groups in total. The van der Waals surface area contributed by atoms with E-state index in [-0.39, 0.29) is 0 Å². The molecule has 3 nitrogen and oxygen atoms in total. The Morgan fingerprint density at radius 2 is 1.05 bits per heavy atom. The van der Waals surface area contributed by atoms with Crippen LogP contribution in [0.2, 0.25) is 19.6 Å². The molecule has 0 aromatic heterocycles. The van der Waals surface area contributed by atoms with Crippen molar-refractivity contribution in [1.29, 1.82) is 0 Å². The van der Waals surface area contributed by atoms with Gasteiger partial charge < -0.3 is 0 Å². The zero-order valence-electron chi connectivity index (χ0n) is 14.3. The number of hydrogen-bond acceptors (Lipinski definition) is 3. The lowest BCUT2D eigenvalue weighted by Gasteiger charge is -2.45. The molecular formula is C16H27N3Si. The Labute approximate surface area is 126 Å². The molecule has 0 fully saturated rings. The molecule has 0 rings (SSSR count). The normalized spacial score (nSPS) is 11.4. The van der Waals surface area contributed by atoms with Gasteiger partial charge in [-0.3, -0.25) is 14.7 Å². The Hall–Kier alpha value is -1.22. The molecule has 0 aliphatic heterocycles. The van der Waals surface area contributed by atoms with Gasteiger partial charge in [-0.05, 0) is 71.9 Å². The Balaban J connectivity index is 5.29. The van der Waals surface area contributed by atoms with Crippen LogP contribution in [-0.2, 0) is 0 Å². The van der Waals surface area contributed by atoms with E-state index in [1.54, 1.807) is 0 Å². The molecule has 0 aromatic rings. The molecule has 0 aliphatic carbocycles. The first kappa shape index (κ1) is 18.8. The van der Waals surface area contributed by atoms with E-state index >= 15 is 0 Å². The van der Waals surface area contributed by atoms with Crippen LogP contribution in [0.25, 0.3) is 0 Å². The molecular weight excluding hydrogens is 262 g/mol. The second-order valence-corrected chi connectivity index (χ2v) is 11.1. The molecule has 0 aromatic carbocycles. The Kier molecular flexibility index (Phi) is 7.07. The van der Waals surface area contributed by atoms with Gasteiger partial charge in [0.15, 0.2) is 5.79 Å². The van der Waals surface area contributed by atoms with Crippen LogP contribution in [-0.4, -0.2) is 70.8 Å². The summed E-state index contributed by atoms with van der Waals surface area (Å²) in [5.74, 6) is 14.3. The zero-order chi connectivity index (χ0) is 16.0. The summed E-state index contributed by atoms with van der Waals surface area (Å²) in [6, 6.07) is 0. The number of rotatable bonds is 3. The van der Waals surface area contributed by atoms with E-state index in [1.165, 1.54) is 0 Å². The molecule has 0 radical (unpaired) electrons. The van der Waals surface area contributed by atoms with Crippen molar-refractivity contribution in [3.63, 3.8) is 0 Å². The van der Waals surface area contributed by atoms with Crippen LogP contribution in [0.1, 0.15) is 0 Å². The van der Waals surface area contributed by atoms with Crippen molar-refractivity contribution in [3.8, 4) is 35.1 Å². The third kappa shape index (κ3) is 5.41. The lowest BCUT2D eigenvalue weighted by atomic mass is 10.2. The van der Waals surface area contributed by atoms with Gasteiger partial charge in [-0.2, -0.15) is 0 Å². The van der Waals surface area contributed by atoms with Gasteiger partial charge in [-0.1, -0.05) is 19.6 Å². The summed E-state index contributed by atoms with van der Waals surface area (Å²) in [5, 5.41) is 0. The van der Waals surface area contributed by atoms with Crippen LogP contribution < -0.4 is 0 Å². The average molecular weight is 289 g/mol. The van der Waals surface area contributed by atoms with E-state index < -0.39 is 13.9 Å². The summed E-state index contributed by atoms with van der Waals surface area (Å²) in [6.07, 6.45) is 0. The fourth-order valence-electron chi connectivity index (χ4n) is 1.93. The van der Waals surface area contributed by atoms with E-state index in [1.807, 2.05) is 42.3 Å². The number of nitrogens with zero attached hydrogens (tertiary/aromatic N) is 3. The van der Waals surface area contributed by atoms with Crippen LogP contribution in [0.4, 0.5) is 0 Å². The minimum Gasteiger partial charge on any atom is -0.268 e. The van der Waals surface area contributed by atoms with Crippen molar-refractivity contribution < 1.29 is 0 Å². The first-order valence-electron chi connectivity index (χ1n) is 6.60. The first-order chi connectivity index (χ1) is 9.04. The van der Waals surface area contributed by atoms with E-state index in [2.05, 4.69) is 69.5 Å². The second kappa shape index (κ2) is 7.53. The first-order valence-corrected chi connectivity index (χ1v) is 10.1. The summed E-state index contributed by atoms with van der Waals surface area (Å²) < 4.78 is 0. The van der Waals surface area contributed by atoms with Gasteiger partial charge in [0.25, 0.3) is 0 Å². The van der Waals surface area contributed by atoms with Crippen molar-refractivity contribution in [2.24, 2.45) is 0 Å². The highest BCUT2D eigenvalue weighted by Crippen LogP contribution is 2.16. The third-order valence-corrected chi connectivity index (χ3v) is 3.60. The molecule has 0 bridgehead atoms. The van der Waals surface area contributed by atoms with E-state index in [4.69, 9.17) is 0 Å². The Bertz CT molecular complexity index is 472. The van der Waals surface area contributed by atoms with E-state index in [9.17, 15) is 0 Å². The summed E-state index contributed by atoms with van der Waals surface area (Å²) >= 11 is 0. The maximum Gasteiger partial charge on any atom is 0.195 e. The third-order valence-electron chi connectivity index (χ3n) is 2.73. The summed E-state index contributed by atoms with van der Waals surface area (Å²) in [6.45, 7) is 6.59. The largest absolute Gasteiger partial charge is 0.268 e. The summed E-state index contributed by atoms with van der Waals surface area (Å²) in [5.41, 5.74) is 3.20. The summed E-state index contributed by atoms with van der Waals surface area (Å²) in [7, 11) is 10.7. The standard InChI is InChI=1S/C16H27N3Si/c1-17(2)16(18(3)4,19(5)6)14-12-10-11-13-15-20(7,8)9/h1-9H3. The molecule has 0 saturated carbocycles. The molecule has 20 heavy (non-hydrogen) atoms. The number of hydrogen-bond donors (Lipinski definition) is 0. The molecule has 0 spiro atoms. The lowest BCUT2D eigenvalue weighted by Crippen LogP contribution is -2.63. The van der Waals surface area contributed by atoms with Crippen molar-refractivity contribution >= 4 is 8.07 Å². The van der Waals surface area contributed by atoms with Gasteiger partial charge in [-0.25, -0.2) is 0 Å². The highest BCUT2D eigenvalue weighted by Gasteiger charge is 2.35. The summed E-state index contributed by atoms with van der Waals surface area (Å²) in [4.78, 5) is 6.19. The second-order valence-electron chi connectivity index (χ2n) is 6.32. The van der Waals surface area contributed by atoms with Gasteiger partial charge in [0.1, 0.15) is 8.07 Å².